The van der Waals surface area contributed by atoms with E-state index in [-0.39, 0.29) is 35.7 Å². The quantitative estimate of drug-likeness (QED) is 0.105. The minimum Gasteiger partial charge on any atom is -0.504 e. The average Bonchev–Trinajstić information content (AvgIpc) is 3.54. The van der Waals surface area contributed by atoms with E-state index in [0.29, 0.717) is 22.4 Å². The number of ether oxygens (including phenoxy) is 1. The Morgan fingerprint density at radius 3 is 2.33 bits per heavy atom. The van der Waals surface area contributed by atoms with Gasteiger partial charge in [-0.3, -0.25) is 34.7 Å². The van der Waals surface area contributed by atoms with Gasteiger partial charge in [0, 0.05) is 23.6 Å². The van der Waals surface area contributed by atoms with Crippen LogP contribution in [-0.2, 0) is 24.6 Å². The summed E-state index contributed by atoms with van der Waals surface area (Å²) in [6.45, 7) is 1.93. The number of hydrogen-bond donors (Lipinski definition) is 2. The summed E-state index contributed by atoms with van der Waals surface area (Å²) in [5.74, 6) is -6.44. The third-order valence-corrected chi connectivity index (χ3v) is 11.3. The number of methoxy groups -OCH3 is 1. The average molecular weight is 699 g/mol. The molecule has 0 radical (unpaired) electrons. The first-order valence-electron chi connectivity index (χ1n) is 17.0. The van der Waals surface area contributed by atoms with Gasteiger partial charge in [-0.05, 0) is 55.5 Å². The Morgan fingerprint density at radius 2 is 1.62 bits per heavy atom. The lowest BCUT2D eigenvalue weighted by atomic mass is 9.49. The second kappa shape index (κ2) is 12.2. The molecule has 4 amide bonds. The van der Waals surface area contributed by atoms with Crippen LogP contribution in [0, 0.1) is 40.7 Å². The van der Waals surface area contributed by atoms with Crippen LogP contribution in [0.15, 0.2) is 109 Å². The van der Waals surface area contributed by atoms with Gasteiger partial charge in [0.2, 0.25) is 11.8 Å². The second-order valence-corrected chi connectivity index (χ2v) is 13.8. The van der Waals surface area contributed by atoms with Crippen LogP contribution >= 0.6 is 0 Å². The van der Waals surface area contributed by atoms with Crippen LogP contribution in [-0.4, -0.2) is 45.8 Å². The monoisotopic (exact) mass is 698 g/mol. The molecule has 2 aliphatic heterocycles. The molecule has 0 spiro atoms. The van der Waals surface area contributed by atoms with Crippen molar-refractivity contribution in [2.24, 2.45) is 23.7 Å². The SMILES string of the molecule is COc1cccc(C2C3=CCC4C(=O)N(c5cccc([N+](=O)[O-])c5)C(=O)C4C3CC3C(=O)N(Nc4ccc(C)cc4)C(=O)C32c2ccccc2)c1O. The van der Waals surface area contributed by atoms with Gasteiger partial charge in [0.15, 0.2) is 11.5 Å². The van der Waals surface area contributed by atoms with Gasteiger partial charge in [-0.2, -0.15) is 5.01 Å². The number of phenols is 1. The van der Waals surface area contributed by atoms with Crippen molar-refractivity contribution < 1.29 is 33.9 Å². The van der Waals surface area contributed by atoms with Crippen molar-refractivity contribution in [3.63, 3.8) is 0 Å². The number of hydrazine groups is 1. The van der Waals surface area contributed by atoms with Gasteiger partial charge < -0.3 is 9.84 Å². The second-order valence-electron chi connectivity index (χ2n) is 13.8. The van der Waals surface area contributed by atoms with Crippen molar-refractivity contribution in [1.29, 1.82) is 0 Å². The molecule has 0 aromatic heterocycles. The molecular formula is C40H34N4O8. The number of nitro benzene ring substituents is 1. The third kappa shape index (κ3) is 4.66. The highest BCUT2D eigenvalue weighted by Gasteiger charge is 2.70. The summed E-state index contributed by atoms with van der Waals surface area (Å²) in [5.41, 5.74) is 4.40. The normalized spacial score (nSPS) is 26.4. The lowest BCUT2D eigenvalue weighted by Crippen LogP contribution is -2.53. The first kappa shape index (κ1) is 32.9. The number of allylic oxidation sites excluding steroid dienone is 2. The predicted molar refractivity (Wildman–Crippen MR) is 189 cm³/mol. The summed E-state index contributed by atoms with van der Waals surface area (Å²) in [6, 6.07) is 26.7. The van der Waals surface area contributed by atoms with Crippen LogP contribution in [0.5, 0.6) is 11.5 Å². The first-order valence-corrected chi connectivity index (χ1v) is 17.0. The number of anilines is 2. The summed E-state index contributed by atoms with van der Waals surface area (Å²) < 4.78 is 5.51. The fourth-order valence-electron chi connectivity index (χ4n) is 9.03. The number of para-hydroxylation sites is 1. The largest absolute Gasteiger partial charge is 0.504 e. The van der Waals surface area contributed by atoms with Crippen LogP contribution in [0.1, 0.15) is 35.4 Å². The molecular weight excluding hydrogens is 664 g/mol. The molecule has 4 aliphatic rings. The maximum Gasteiger partial charge on any atom is 0.271 e. The van der Waals surface area contributed by atoms with Gasteiger partial charge in [0.25, 0.3) is 17.5 Å². The highest BCUT2D eigenvalue weighted by molar-refractivity contribution is 6.22. The number of hydrogen-bond acceptors (Lipinski definition) is 9. The molecule has 6 unspecified atom stereocenters. The maximum atomic E-state index is 15.3. The van der Waals surface area contributed by atoms with E-state index < -0.39 is 63.6 Å². The molecule has 2 aliphatic carbocycles. The Bertz CT molecular complexity index is 2200. The van der Waals surface area contributed by atoms with E-state index in [1.54, 1.807) is 54.6 Å². The van der Waals surface area contributed by atoms with Gasteiger partial charge in [-0.15, -0.1) is 0 Å². The zero-order valence-electron chi connectivity index (χ0n) is 28.3. The Kier molecular flexibility index (Phi) is 7.70. The minimum atomic E-state index is -1.57. The summed E-state index contributed by atoms with van der Waals surface area (Å²) in [6.07, 6.45) is 2.09. The summed E-state index contributed by atoms with van der Waals surface area (Å²) >= 11 is 0. The molecule has 4 aromatic carbocycles. The van der Waals surface area contributed by atoms with Gasteiger partial charge >= 0.3 is 0 Å². The number of fused-ring (bicyclic) bond motifs is 4. The maximum absolute atomic E-state index is 15.3. The summed E-state index contributed by atoms with van der Waals surface area (Å²) in [5, 5.41) is 24.4. The van der Waals surface area contributed by atoms with Gasteiger partial charge in [0.05, 0.1) is 46.6 Å². The van der Waals surface area contributed by atoms with Crippen LogP contribution in [0.25, 0.3) is 0 Å². The molecule has 3 fully saturated rings. The van der Waals surface area contributed by atoms with Crippen molar-refractivity contribution in [2.75, 3.05) is 17.4 Å². The Labute approximate surface area is 298 Å². The van der Waals surface area contributed by atoms with Crippen molar-refractivity contribution in [3.05, 3.63) is 136 Å². The molecule has 262 valence electrons. The third-order valence-electron chi connectivity index (χ3n) is 11.3. The van der Waals surface area contributed by atoms with Crippen molar-refractivity contribution in [3.8, 4) is 11.5 Å². The number of carbonyl (C=O) groups is 4. The summed E-state index contributed by atoms with van der Waals surface area (Å²) in [7, 11) is 1.42. The fraction of sp³-hybridized carbons (Fsp3) is 0.250. The van der Waals surface area contributed by atoms with E-state index in [0.717, 1.165) is 15.5 Å². The molecule has 2 N–H and O–H groups in total. The predicted octanol–water partition coefficient (Wildman–Crippen LogP) is 5.81. The summed E-state index contributed by atoms with van der Waals surface area (Å²) in [4.78, 5) is 70.6. The molecule has 8 rings (SSSR count). The molecule has 0 bridgehead atoms. The standard InChI is InChI=1S/C40H34N4O8/c1-22-14-16-24(17-15-22)41-43-37(47)31-21-30-27(18-19-28-33(30)38(48)42(36(28)46)25-10-6-11-26(20-25)44(50)51)34(29-12-7-13-32(52-2)35(29)45)40(31,39(43)49)23-8-4-3-5-9-23/h3-18,20,28,30-31,33-34,41,45H,19,21H2,1-2H3. The van der Waals surface area contributed by atoms with Gasteiger partial charge in [0.1, 0.15) is 0 Å². The highest BCUT2D eigenvalue weighted by Crippen LogP contribution is 2.65. The first-order chi connectivity index (χ1) is 25.1. The molecule has 52 heavy (non-hydrogen) atoms. The van der Waals surface area contributed by atoms with Crippen LogP contribution < -0.4 is 15.1 Å². The molecule has 2 saturated heterocycles. The minimum absolute atomic E-state index is 0.0571. The van der Waals surface area contributed by atoms with Crippen molar-refractivity contribution >= 4 is 40.7 Å². The molecule has 4 aromatic rings. The zero-order valence-corrected chi connectivity index (χ0v) is 28.3. The van der Waals surface area contributed by atoms with Crippen LogP contribution in [0.2, 0.25) is 0 Å². The number of imide groups is 2. The molecule has 12 heteroatoms. The van der Waals surface area contributed by atoms with E-state index >= 15 is 4.79 Å². The number of carbonyl (C=O) groups excluding carboxylic acids is 4. The molecule has 1 saturated carbocycles. The Morgan fingerprint density at radius 1 is 0.885 bits per heavy atom. The number of benzene rings is 4. The number of aromatic hydroxyl groups is 1. The fourth-order valence-corrected chi connectivity index (χ4v) is 9.03. The lowest BCUT2D eigenvalue weighted by molar-refractivity contribution is -0.384. The Hall–Kier alpha value is -6.30. The van der Waals surface area contributed by atoms with Crippen molar-refractivity contribution in [1.82, 2.24) is 5.01 Å². The lowest BCUT2D eigenvalue weighted by Gasteiger charge is -2.50. The number of phenolic OH excluding ortho intramolecular Hbond substituents is 1. The number of non-ortho nitro benzene ring substituents is 1. The van der Waals surface area contributed by atoms with Crippen LogP contribution in [0.4, 0.5) is 17.1 Å². The number of nitrogens with one attached hydrogen (secondary N) is 1. The van der Waals surface area contributed by atoms with E-state index in [4.69, 9.17) is 4.74 Å². The smallest absolute Gasteiger partial charge is 0.271 e. The number of nitrogens with zero attached hydrogens (tertiary/aromatic N) is 3. The molecule has 6 atom stereocenters. The van der Waals surface area contributed by atoms with Crippen molar-refractivity contribution in [2.45, 2.75) is 31.1 Å². The highest BCUT2D eigenvalue weighted by atomic mass is 16.6. The van der Waals surface area contributed by atoms with Gasteiger partial charge in [-0.1, -0.05) is 77.9 Å². The van der Waals surface area contributed by atoms with E-state index in [9.17, 15) is 29.6 Å². The number of amides is 4. The topological polar surface area (TPSA) is 159 Å². The van der Waals surface area contributed by atoms with Crippen LogP contribution in [0.3, 0.4) is 0 Å². The zero-order chi connectivity index (χ0) is 36.5. The van der Waals surface area contributed by atoms with E-state index in [2.05, 4.69) is 5.43 Å². The number of aryl methyl sites for hydroxylation is 1. The number of rotatable bonds is 7. The van der Waals surface area contributed by atoms with E-state index in [1.807, 2.05) is 31.2 Å². The van der Waals surface area contributed by atoms with Gasteiger partial charge in [-0.25, -0.2) is 4.90 Å². The molecule has 12 nitrogen and oxygen atoms in total. The Balaban J connectivity index is 1.32. The number of nitro groups is 1. The van der Waals surface area contributed by atoms with E-state index in [1.165, 1.54) is 31.4 Å². The molecule has 2 heterocycles.